The van der Waals surface area contributed by atoms with Gasteiger partial charge >= 0.3 is 0 Å². The second-order valence-corrected chi connectivity index (χ2v) is 16.2. The van der Waals surface area contributed by atoms with E-state index in [-0.39, 0.29) is 0 Å². The van der Waals surface area contributed by atoms with E-state index in [1.807, 2.05) is 17.5 Å². The molecule has 0 aliphatic rings. The van der Waals surface area contributed by atoms with Crippen LogP contribution in [-0.4, -0.2) is 9.55 Å². The minimum Gasteiger partial charge on any atom is -0.309 e. The van der Waals surface area contributed by atoms with Gasteiger partial charge in [-0.3, -0.25) is 4.98 Å². The van der Waals surface area contributed by atoms with Crippen molar-refractivity contribution in [1.29, 1.82) is 0 Å². The smallest absolute Gasteiger partial charge is 0.0703 e. The van der Waals surface area contributed by atoms with E-state index < -0.39 is 0 Å². The molecule has 0 radical (unpaired) electrons. The Balaban J connectivity index is 1.02. The number of thiophene rings is 1. The molecule has 0 saturated heterocycles. The van der Waals surface area contributed by atoms with E-state index in [9.17, 15) is 0 Å². The van der Waals surface area contributed by atoms with Crippen molar-refractivity contribution in [2.75, 3.05) is 4.90 Å². The van der Waals surface area contributed by atoms with Crippen LogP contribution in [0.15, 0.2) is 212 Å². The second-order valence-electron chi connectivity index (χ2n) is 15.2. The highest BCUT2D eigenvalue weighted by atomic mass is 32.1. The van der Waals surface area contributed by atoms with Crippen LogP contribution in [-0.2, 0) is 0 Å². The summed E-state index contributed by atoms with van der Waals surface area (Å²) in [6.07, 6.45) is 2.02. The second kappa shape index (κ2) is 13.6. The van der Waals surface area contributed by atoms with Crippen molar-refractivity contribution in [3.8, 4) is 28.1 Å². The van der Waals surface area contributed by atoms with Crippen molar-refractivity contribution in [2.24, 2.45) is 0 Å². The summed E-state index contributed by atoms with van der Waals surface area (Å²) in [5.74, 6) is 0. The summed E-state index contributed by atoms with van der Waals surface area (Å²) in [6.45, 7) is 0. The first kappa shape index (κ1) is 33.6. The Morgan fingerprint density at radius 1 is 0.441 bits per heavy atom. The van der Waals surface area contributed by atoms with Crippen molar-refractivity contribution in [3.05, 3.63) is 212 Å². The van der Waals surface area contributed by atoms with Crippen LogP contribution in [0.25, 0.3) is 91.6 Å². The van der Waals surface area contributed by atoms with Gasteiger partial charge < -0.3 is 9.47 Å². The van der Waals surface area contributed by atoms with Gasteiger partial charge in [-0.15, -0.1) is 11.3 Å². The van der Waals surface area contributed by atoms with Crippen molar-refractivity contribution < 1.29 is 0 Å². The number of fused-ring (bicyclic) bond motifs is 10. The molecular weight excluding hydrogens is 735 g/mol. The van der Waals surface area contributed by atoms with Crippen LogP contribution in [0.3, 0.4) is 0 Å². The lowest BCUT2D eigenvalue weighted by Crippen LogP contribution is -2.10. The summed E-state index contributed by atoms with van der Waals surface area (Å²) in [7, 11) is 0. The van der Waals surface area contributed by atoms with E-state index in [4.69, 9.17) is 4.98 Å². The summed E-state index contributed by atoms with van der Waals surface area (Å²) < 4.78 is 5.11. The van der Waals surface area contributed by atoms with E-state index in [2.05, 4.69) is 216 Å². The molecule has 0 atom stereocenters. The molecule has 3 nitrogen and oxygen atoms in total. The number of para-hydroxylation sites is 1. The molecule has 276 valence electrons. The molecule has 0 fully saturated rings. The highest BCUT2D eigenvalue weighted by Crippen LogP contribution is 2.45. The SMILES string of the molecule is c1ccc(-c2ccc(N(c3ccc(-c4ccc5c(c4)c4ccc6ccc7c8ccccc8sc7c6c4n5-c4ccccc4)nc3)c3cccc4ccccc34)cc2)cc1. The van der Waals surface area contributed by atoms with Gasteiger partial charge in [-0.25, -0.2) is 0 Å². The van der Waals surface area contributed by atoms with Crippen LogP contribution >= 0.6 is 11.3 Å². The quantitative estimate of drug-likeness (QED) is 0.168. The summed E-state index contributed by atoms with van der Waals surface area (Å²) in [4.78, 5) is 7.51. The van der Waals surface area contributed by atoms with Crippen LogP contribution in [0.4, 0.5) is 17.1 Å². The molecule has 0 spiro atoms. The highest BCUT2D eigenvalue weighted by molar-refractivity contribution is 7.26. The molecular formula is C55H35N3S. The number of aromatic nitrogens is 2. The molecule has 4 heteroatoms. The van der Waals surface area contributed by atoms with E-state index in [1.54, 1.807) is 0 Å². The maximum atomic E-state index is 5.19. The predicted octanol–water partition coefficient (Wildman–Crippen LogP) is 15.7. The average Bonchev–Trinajstić information content (AvgIpc) is 3.86. The first-order valence-electron chi connectivity index (χ1n) is 20.0. The van der Waals surface area contributed by atoms with Gasteiger partial charge in [0.1, 0.15) is 0 Å². The predicted molar refractivity (Wildman–Crippen MR) is 252 cm³/mol. The molecule has 0 saturated carbocycles. The molecule has 0 unspecified atom stereocenters. The van der Waals surface area contributed by atoms with E-state index in [1.165, 1.54) is 74.6 Å². The van der Waals surface area contributed by atoms with Gasteiger partial charge in [0.05, 0.1) is 34.3 Å². The number of benzene rings is 9. The average molecular weight is 770 g/mol. The monoisotopic (exact) mass is 769 g/mol. The zero-order valence-corrected chi connectivity index (χ0v) is 32.8. The van der Waals surface area contributed by atoms with Gasteiger partial charge in [0.2, 0.25) is 0 Å². The number of hydrogen-bond acceptors (Lipinski definition) is 3. The normalized spacial score (nSPS) is 11.7. The first-order valence-corrected chi connectivity index (χ1v) is 20.8. The molecule has 3 heterocycles. The largest absolute Gasteiger partial charge is 0.309 e. The molecule has 12 rings (SSSR count). The van der Waals surface area contributed by atoms with E-state index in [0.717, 1.165) is 34.0 Å². The maximum Gasteiger partial charge on any atom is 0.0703 e. The molecule has 12 aromatic rings. The van der Waals surface area contributed by atoms with Gasteiger partial charge in [0.25, 0.3) is 0 Å². The topological polar surface area (TPSA) is 21.1 Å². The third-order valence-corrected chi connectivity index (χ3v) is 13.0. The Morgan fingerprint density at radius 2 is 1.12 bits per heavy atom. The Bertz CT molecular complexity index is 3530. The van der Waals surface area contributed by atoms with Gasteiger partial charge in [-0.2, -0.15) is 0 Å². The molecule has 0 N–H and O–H groups in total. The Hall–Kier alpha value is -7.53. The number of pyridine rings is 1. The number of hydrogen-bond donors (Lipinski definition) is 0. The lowest BCUT2D eigenvalue weighted by atomic mass is 10.0. The Labute approximate surface area is 345 Å². The van der Waals surface area contributed by atoms with Gasteiger partial charge in [0.15, 0.2) is 0 Å². The zero-order valence-electron chi connectivity index (χ0n) is 32.0. The molecule has 3 aromatic heterocycles. The fourth-order valence-corrected chi connectivity index (χ4v) is 10.3. The van der Waals surface area contributed by atoms with E-state index >= 15 is 0 Å². The number of anilines is 3. The highest BCUT2D eigenvalue weighted by Gasteiger charge is 2.20. The molecule has 0 aliphatic carbocycles. The van der Waals surface area contributed by atoms with Gasteiger partial charge in [-0.1, -0.05) is 146 Å². The third kappa shape index (κ3) is 5.45. The fourth-order valence-electron chi connectivity index (χ4n) is 9.05. The van der Waals surface area contributed by atoms with Gasteiger partial charge in [0, 0.05) is 58.7 Å². The summed E-state index contributed by atoms with van der Waals surface area (Å²) in [5, 5.41) is 10.0. The van der Waals surface area contributed by atoms with Crippen molar-refractivity contribution in [2.45, 2.75) is 0 Å². The minimum absolute atomic E-state index is 0.932. The van der Waals surface area contributed by atoms with Gasteiger partial charge in [-0.05, 0) is 82.6 Å². The standard InChI is InChI=1S/C55H35N3S/c1-3-12-36(13-4-1)37-22-27-42(28-23-37)57(50-20-11-15-38-14-7-8-18-44(38)50)43-29-32-49(56-35-43)40-26-33-51-48(34-40)46-30-24-39-25-31-47-45-19-9-10-21-52(45)59-55(47)53(39)54(46)58(51)41-16-5-2-6-17-41/h1-35H. The van der Waals surface area contributed by atoms with Crippen LogP contribution in [0.1, 0.15) is 0 Å². The van der Waals surface area contributed by atoms with Crippen LogP contribution in [0, 0.1) is 0 Å². The molecule has 0 bridgehead atoms. The number of rotatable bonds is 6. The third-order valence-electron chi connectivity index (χ3n) is 11.8. The lowest BCUT2D eigenvalue weighted by molar-refractivity contribution is 1.19. The van der Waals surface area contributed by atoms with Crippen LogP contribution < -0.4 is 4.90 Å². The lowest BCUT2D eigenvalue weighted by Gasteiger charge is -2.27. The summed E-state index contributed by atoms with van der Waals surface area (Å²) in [5.41, 5.74) is 11.2. The maximum absolute atomic E-state index is 5.19. The molecule has 0 aliphatic heterocycles. The van der Waals surface area contributed by atoms with Crippen molar-refractivity contribution >= 4 is 91.9 Å². The molecule has 0 amide bonds. The molecule has 59 heavy (non-hydrogen) atoms. The molecule has 9 aromatic carbocycles. The summed E-state index contributed by atoms with van der Waals surface area (Å²) >= 11 is 1.89. The van der Waals surface area contributed by atoms with E-state index in [0.29, 0.717) is 0 Å². The Kier molecular flexibility index (Phi) is 7.72. The summed E-state index contributed by atoms with van der Waals surface area (Å²) in [6, 6.07) is 74.5. The number of nitrogens with zero attached hydrogens (tertiary/aromatic N) is 3. The van der Waals surface area contributed by atoms with Crippen molar-refractivity contribution in [3.63, 3.8) is 0 Å². The Morgan fingerprint density at radius 3 is 1.93 bits per heavy atom. The van der Waals surface area contributed by atoms with Crippen molar-refractivity contribution in [1.82, 2.24) is 9.55 Å². The van der Waals surface area contributed by atoms with Crippen LogP contribution in [0.5, 0.6) is 0 Å². The zero-order chi connectivity index (χ0) is 38.9. The first-order chi connectivity index (χ1) is 29.3. The van der Waals surface area contributed by atoms with Crippen LogP contribution in [0.2, 0.25) is 0 Å². The minimum atomic E-state index is 0.932. The fraction of sp³-hybridized carbons (Fsp3) is 0.